The molecule has 0 amide bonds. The lowest BCUT2D eigenvalue weighted by Gasteiger charge is -2.09. The molecule has 0 aliphatic rings. The number of hydrogen-bond acceptors (Lipinski definition) is 2. The molecule has 4 heteroatoms. The summed E-state index contributed by atoms with van der Waals surface area (Å²) in [6.45, 7) is 6.32. The van der Waals surface area contributed by atoms with Crippen LogP contribution in [0, 0.1) is 20.8 Å². The first-order valence-electron chi connectivity index (χ1n) is 6.56. The van der Waals surface area contributed by atoms with E-state index in [9.17, 15) is 0 Å². The molecule has 0 bridgehead atoms. The van der Waals surface area contributed by atoms with Gasteiger partial charge in [-0.05, 0) is 55.2 Å². The molecular formula is C16H16BrN3. The molecule has 1 aromatic carbocycles. The number of alkyl halides is 1. The molecule has 0 aliphatic carbocycles. The number of nitrogens with zero attached hydrogens (tertiary/aromatic N) is 3. The van der Waals surface area contributed by atoms with Crippen LogP contribution in [0.25, 0.3) is 16.9 Å². The summed E-state index contributed by atoms with van der Waals surface area (Å²) in [5.41, 5.74) is 6.99. The number of aromatic nitrogens is 3. The Hall–Kier alpha value is -1.68. The summed E-state index contributed by atoms with van der Waals surface area (Å²) in [6.07, 6.45) is 3.76. The van der Waals surface area contributed by atoms with Crippen molar-refractivity contribution in [2.75, 3.05) is 0 Å². The van der Waals surface area contributed by atoms with Gasteiger partial charge in [0.05, 0.1) is 11.0 Å². The quantitative estimate of drug-likeness (QED) is 0.658. The SMILES string of the molecule is Cc1cc2ncn(-c3ncc(CBr)cc3C)c2cc1C. The van der Waals surface area contributed by atoms with Gasteiger partial charge in [-0.1, -0.05) is 22.0 Å². The molecule has 0 radical (unpaired) electrons. The van der Waals surface area contributed by atoms with Crippen molar-refractivity contribution in [2.24, 2.45) is 0 Å². The number of rotatable bonds is 2. The summed E-state index contributed by atoms with van der Waals surface area (Å²) in [4.78, 5) is 9.08. The molecule has 0 saturated heterocycles. The zero-order valence-corrected chi connectivity index (χ0v) is 13.4. The molecule has 102 valence electrons. The summed E-state index contributed by atoms with van der Waals surface area (Å²) >= 11 is 3.46. The molecule has 3 nitrogen and oxygen atoms in total. The Balaban J connectivity index is 2.22. The highest BCUT2D eigenvalue weighted by Crippen LogP contribution is 2.23. The number of fused-ring (bicyclic) bond motifs is 1. The average molecular weight is 330 g/mol. The Bertz CT molecular complexity index is 790. The van der Waals surface area contributed by atoms with E-state index in [-0.39, 0.29) is 0 Å². The van der Waals surface area contributed by atoms with Gasteiger partial charge in [-0.15, -0.1) is 0 Å². The third-order valence-electron chi connectivity index (χ3n) is 3.65. The summed E-state index contributed by atoms with van der Waals surface area (Å²) in [5, 5.41) is 0.824. The predicted molar refractivity (Wildman–Crippen MR) is 85.7 cm³/mol. The first-order valence-corrected chi connectivity index (χ1v) is 7.68. The normalized spacial score (nSPS) is 11.2. The fourth-order valence-electron chi connectivity index (χ4n) is 2.38. The van der Waals surface area contributed by atoms with Gasteiger partial charge >= 0.3 is 0 Å². The zero-order valence-electron chi connectivity index (χ0n) is 11.8. The molecule has 0 saturated carbocycles. The van der Waals surface area contributed by atoms with Gasteiger partial charge in [-0.3, -0.25) is 4.57 Å². The smallest absolute Gasteiger partial charge is 0.141 e. The molecule has 0 aliphatic heterocycles. The van der Waals surface area contributed by atoms with Crippen molar-refractivity contribution in [3.05, 3.63) is 53.0 Å². The van der Waals surface area contributed by atoms with Crippen molar-refractivity contribution in [3.63, 3.8) is 0 Å². The van der Waals surface area contributed by atoms with Crippen molar-refractivity contribution in [3.8, 4) is 5.82 Å². The Kier molecular flexibility index (Phi) is 3.34. The predicted octanol–water partition coefficient (Wildman–Crippen LogP) is 4.24. The van der Waals surface area contributed by atoms with Crippen LogP contribution in [0.2, 0.25) is 0 Å². The van der Waals surface area contributed by atoms with Crippen LogP contribution in [-0.4, -0.2) is 14.5 Å². The fourth-order valence-corrected chi connectivity index (χ4v) is 2.69. The van der Waals surface area contributed by atoms with E-state index >= 15 is 0 Å². The van der Waals surface area contributed by atoms with Crippen LogP contribution < -0.4 is 0 Å². The molecule has 20 heavy (non-hydrogen) atoms. The van der Waals surface area contributed by atoms with Crippen LogP contribution in [0.1, 0.15) is 22.3 Å². The highest BCUT2D eigenvalue weighted by Gasteiger charge is 2.10. The fraction of sp³-hybridized carbons (Fsp3) is 0.250. The molecule has 0 atom stereocenters. The van der Waals surface area contributed by atoms with Crippen molar-refractivity contribution in [2.45, 2.75) is 26.1 Å². The third kappa shape index (κ3) is 2.14. The zero-order chi connectivity index (χ0) is 14.3. The first-order chi connectivity index (χ1) is 9.60. The molecular weight excluding hydrogens is 314 g/mol. The lowest BCUT2D eigenvalue weighted by Crippen LogP contribution is -2.00. The molecule has 0 fully saturated rings. The summed E-state index contributed by atoms with van der Waals surface area (Å²) in [7, 11) is 0. The second-order valence-corrected chi connectivity index (χ2v) is 5.72. The number of halogens is 1. The second kappa shape index (κ2) is 5.02. The molecule has 2 aromatic heterocycles. The molecule has 0 unspecified atom stereocenters. The van der Waals surface area contributed by atoms with Crippen LogP contribution in [0.3, 0.4) is 0 Å². The molecule has 3 rings (SSSR count). The van der Waals surface area contributed by atoms with Crippen LogP contribution in [0.15, 0.2) is 30.7 Å². The van der Waals surface area contributed by atoms with E-state index < -0.39 is 0 Å². The van der Waals surface area contributed by atoms with Gasteiger partial charge in [-0.2, -0.15) is 0 Å². The number of aryl methyl sites for hydroxylation is 3. The lowest BCUT2D eigenvalue weighted by molar-refractivity contribution is 0.993. The van der Waals surface area contributed by atoms with Gasteiger partial charge in [0.15, 0.2) is 0 Å². The number of hydrogen-bond donors (Lipinski definition) is 0. The van der Waals surface area contributed by atoms with Crippen LogP contribution in [0.4, 0.5) is 0 Å². The Morgan fingerprint density at radius 3 is 2.45 bits per heavy atom. The Labute approximate surface area is 126 Å². The van der Waals surface area contributed by atoms with Gasteiger partial charge in [0.1, 0.15) is 12.1 Å². The van der Waals surface area contributed by atoms with Gasteiger partial charge in [0.2, 0.25) is 0 Å². The highest BCUT2D eigenvalue weighted by molar-refractivity contribution is 9.08. The van der Waals surface area contributed by atoms with Crippen LogP contribution in [-0.2, 0) is 5.33 Å². The van der Waals surface area contributed by atoms with E-state index in [1.807, 2.05) is 12.5 Å². The first kappa shape index (κ1) is 13.3. The number of benzene rings is 1. The topological polar surface area (TPSA) is 30.7 Å². The van der Waals surface area contributed by atoms with Crippen LogP contribution >= 0.6 is 15.9 Å². The maximum Gasteiger partial charge on any atom is 0.141 e. The minimum atomic E-state index is 0.824. The van der Waals surface area contributed by atoms with Gasteiger partial charge < -0.3 is 0 Å². The van der Waals surface area contributed by atoms with Gasteiger partial charge in [0.25, 0.3) is 0 Å². The van der Waals surface area contributed by atoms with Crippen molar-refractivity contribution >= 4 is 27.0 Å². The van der Waals surface area contributed by atoms with Crippen molar-refractivity contribution in [1.29, 1.82) is 0 Å². The molecule has 3 aromatic rings. The largest absolute Gasteiger partial charge is 0.283 e. The van der Waals surface area contributed by atoms with Crippen molar-refractivity contribution in [1.82, 2.24) is 14.5 Å². The maximum atomic E-state index is 4.59. The lowest BCUT2D eigenvalue weighted by atomic mass is 10.1. The van der Waals surface area contributed by atoms with E-state index in [1.165, 1.54) is 16.7 Å². The minimum absolute atomic E-state index is 0.824. The van der Waals surface area contributed by atoms with Gasteiger partial charge in [-0.25, -0.2) is 9.97 Å². The van der Waals surface area contributed by atoms with Crippen LogP contribution in [0.5, 0.6) is 0 Å². The molecule has 0 spiro atoms. The standard InChI is InChI=1S/C16H16BrN3/c1-10-5-14-15(6-11(10)2)20(9-19-14)16-12(3)4-13(7-17)8-18-16/h4-6,8-9H,7H2,1-3H3. The monoisotopic (exact) mass is 329 g/mol. The van der Waals surface area contributed by atoms with E-state index in [4.69, 9.17) is 0 Å². The Morgan fingerprint density at radius 2 is 1.75 bits per heavy atom. The van der Waals surface area contributed by atoms with E-state index in [2.05, 4.69) is 69.4 Å². The summed E-state index contributed by atoms with van der Waals surface area (Å²) in [6, 6.07) is 6.46. The highest BCUT2D eigenvalue weighted by atomic mass is 79.9. The van der Waals surface area contributed by atoms with E-state index in [0.717, 1.165) is 27.7 Å². The summed E-state index contributed by atoms with van der Waals surface area (Å²) in [5.74, 6) is 0.945. The van der Waals surface area contributed by atoms with E-state index in [0.29, 0.717) is 0 Å². The number of pyridine rings is 1. The van der Waals surface area contributed by atoms with Crippen molar-refractivity contribution < 1.29 is 0 Å². The Morgan fingerprint density at radius 1 is 1.00 bits per heavy atom. The summed E-state index contributed by atoms with van der Waals surface area (Å²) < 4.78 is 2.06. The average Bonchev–Trinajstić information content (AvgIpc) is 2.82. The minimum Gasteiger partial charge on any atom is -0.283 e. The molecule has 2 heterocycles. The molecule has 0 N–H and O–H groups in total. The third-order valence-corrected chi connectivity index (χ3v) is 4.30. The number of imidazole rings is 1. The van der Waals surface area contributed by atoms with E-state index in [1.54, 1.807) is 0 Å². The maximum absolute atomic E-state index is 4.59. The van der Waals surface area contributed by atoms with Gasteiger partial charge in [0, 0.05) is 11.5 Å². The second-order valence-electron chi connectivity index (χ2n) is 5.16.